The molecule has 0 bridgehead atoms. The molecule has 0 fully saturated rings. The van der Waals surface area contributed by atoms with Gasteiger partial charge in [0.25, 0.3) is 0 Å². The van der Waals surface area contributed by atoms with Gasteiger partial charge < -0.3 is 14.2 Å². The van der Waals surface area contributed by atoms with Crippen LogP contribution in [0.15, 0.2) is 72.9 Å². The average molecular weight is 809 g/mol. The third-order valence-electron chi connectivity index (χ3n) is 10.0. The highest BCUT2D eigenvalue weighted by molar-refractivity contribution is 5.71. The second kappa shape index (κ2) is 46.5. The fraction of sp³-hybridized carbons (Fsp3) is 0.712. The molecule has 0 spiro atoms. The van der Waals surface area contributed by atoms with Crippen LogP contribution in [-0.2, 0) is 28.6 Å². The monoisotopic (exact) mass is 809 g/mol. The van der Waals surface area contributed by atoms with E-state index in [1.54, 1.807) is 0 Å². The lowest BCUT2D eigenvalue weighted by molar-refractivity contribution is -0.167. The van der Waals surface area contributed by atoms with Crippen molar-refractivity contribution < 1.29 is 28.6 Å². The Morgan fingerprint density at radius 2 is 0.741 bits per heavy atom. The second-order valence-electron chi connectivity index (χ2n) is 15.7. The molecular formula is C52H88O6. The van der Waals surface area contributed by atoms with Crippen LogP contribution in [0.2, 0.25) is 0 Å². The second-order valence-corrected chi connectivity index (χ2v) is 15.7. The molecule has 0 rings (SSSR count). The first-order valence-corrected chi connectivity index (χ1v) is 24.0. The third kappa shape index (κ3) is 44.0. The smallest absolute Gasteiger partial charge is 0.306 e. The van der Waals surface area contributed by atoms with Crippen molar-refractivity contribution in [1.82, 2.24) is 0 Å². The predicted molar refractivity (Wildman–Crippen MR) is 247 cm³/mol. The summed E-state index contributed by atoms with van der Waals surface area (Å²) in [5.74, 6) is -0.945. The van der Waals surface area contributed by atoms with Gasteiger partial charge in [-0.25, -0.2) is 0 Å². The topological polar surface area (TPSA) is 78.9 Å². The molecule has 0 aliphatic rings. The molecule has 0 N–H and O–H groups in total. The summed E-state index contributed by atoms with van der Waals surface area (Å²) >= 11 is 0. The minimum Gasteiger partial charge on any atom is -0.462 e. The number of rotatable bonds is 42. The van der Waals surface area contributed by atoms with E-state index in [2.05, 4.69) is 57.2 Å². The summed E-state index contributed by atoms with van der Waals surface area (Å²) in [5.41, 5.74) is 0. The van der Waals surface area contributed by atoms with Crippen molar-refractivity contribution in [1.29, 1.82) is 0 Å². The first kappa shape index (κ1) is 54.9. The summed E-state index contributed by atoms with van der Waals surface area (Å²) in [6.45, 7) is 6.41. The summed E-state index contributed by atoms with van der Waals surface area (Å²) in [5, 5.41) is 0. The molecule has 0 saturated carbocycles. The van der Waals surface area contributed by atoms with Crippen molar-refractivity contribution >= 4 is 17.9 Å². The van der Waals surface area contributed by atoms with Crippen molar-refractivity contribution in [3.63, 3.8) is 0 Å². The maximum absolute atomic E-state index is 12.7. The van der Waals surface area contributed by atoms with Crippen LogP contribution >= 0.6 is 0 Å². The Kier molecular flexibility index (Phi) is 44.0. The number of esters is 3. The molecule has 0 aromatic carbocycles. The van der Waals surface area contributed by atoms with Gasteiger partial charge in [-0.1, -0.05) is 203 Å². The fourth-order valence-corrected chi connectivity index (χ4v) is 6.42. The molecule has 0 amide bonds. The van der Waals surface area contributed by atoms with Crippen LogP contribution in [-0.4, -0.2) is 37.2 Å². The zero-order chi connectivity index (χ0) is 42.3. The summed E-state index contributed by atoms with van der Waals surface area (Å²) < 4.78 is 16.7. The highest BCUT2D eigenvalue weighted by atomic mass is 16.6. The van der Waals surface area contributed by atoms with Gasteiger partial charge in [-0.3, -0.25) is 14.4 Å². The molecule has 0 aliphatic heterocycles. The number of carbonyl (C=O) groups excluding carboxylic acids is 3. The van der Waals surface area contributed by atoms with Crippen molar-refractivity contribution in [3.05, 3.63) is 72.9 Å². The molecule has 0 radical (unpaired) electrons. The van der Waals surface area contributed by atoms with E-state index in [1.807, 2.05) is 36.5 Å². The van der Waals surface area contributed by atoms with Crippen LogP contribution in [0.3, 0.4) is 0 Å². The van der Waals surface area contributed by atoms with Gasteiger partial charge in [-0.2, -0.15) is 0 Å². The Labute approximate surface area is 357 Å². The van der Waals surface area contributed by atoms with Gasteiger partial charge >= 0.3 is 17.9 Å². The summed E-state index contributed by atoms with van der Waals surface area (Å²) in [4.78, 5) is 37.8. The molecule has 6 nitrogen and oxygen atoms in total. The Morgan fingerprint density at radius 3 is 1.24 bits per heavy atom. The van der Waals surface area contributed by atoms with Gasteiger partial charge in [0.05, 0.1) is 0 Å². The van der Waals surface area contributed by atoms with Crippen LogP contribution in [0.4, 0.5) is 0 Å². The Bertz CT molecular complexity index is 1110. The third-order valence-corrected chi connectivity index (χ3v) is 10.0. The number of unbranched alkanes of at least 4 members (excludes halogenated alkanes) is 22. The van der Waals surface area contributed by atoms with Gasteiger partial charge in [0.2, 0.25) is 0 Å². The van der Waals surface area contributed by atoms with E-state index in [9.17, 15) is 14.4 Å². The van der Waals surface area contributed by atoms with E-state index in [-0.39, 0.29) is 37.5 Å². The predicted octanol–water partition coefficient (Wildman–Crippen LogP) is 15.5. The molecular weight excluding hydrogens is 721 g/mol. The van der Waals surface area contributed by atoms with E-state index in [0.29, 0.717) is 19.3 Å². The zero-order valence-corrected chi connectivity index (χ0v) is 37.8. The molecule has 332 valence electrons. The van der Waals surface area contributed by atoms with E-state index in [1.165, 1.54) is 96.3 Å². The lowest BCUT2D eigenvalue weighted by atomic mass is 10.1. The van der Waals surface area contributed by atoms with E-state index in [4.69, 9.17) is 14.2 Å². The van der Waals surface area contributed by atoms with E-state index < -0.39 is 6.10 Å². The number of carbonyl (C=O) groups is 3. The highest BCUT2D eigenvalue weighted by Crippen LogP contribution is 2.14. The first-order chi connectivity index (χ1) is 28.5. The lowest BCUT2D eigenvalue weighted by Gasteiger charge is -2.18. The summed E-state index contributed by atoms with van der Waals surface area (Å²) in [7, 11) is 0. The fourth-order valence-electron chi connectivity index (χ4n) is 6.42. The summed E-state index contributed by atoms with van der Waals surface area (Å²) in [6.07, 6.45) is 57.4. The molecule has 0 aromatic heterocycles. The molecule has 0 aromatic rings. The number of allylic oxidation sites excluding steroid dienone is 12. The van der Waals surface area contributed by atoms with Crippen molar-refractivity contribution in [2.45, 2.75) is 226 Å². The molecule has 58 heavy (non-hydrogen) atoms. The van der Waals surface area contributed by atoms with Gasteiger partial charge in [0, 0.05) is 19.3 Å². The molecule has 0 saturated heterocycles. The Balaban J connectivity index is 4.42. The minimum atomic E-state index is -0.795. The maximum Gasteiger partial charge on any atom is 0.306 e. The van der Waals surface area contributed by atoms with Crippen molar-refractivity contribution in [2.24, 2.45) is 0 Å². The minimum absolute atomic E-state index is 0.0933. The van der Waals surface area contributed by atoms with Gasteiger partial charge in [0.15, 0.2) is 6.10 Å². The Hall–Kier alpha value is -3.15. The summed E-state index contributed by atoms with van der Waals surface area (Å²) in [6, 6.07) is 0. The first-order valence-electron chi connectivity index (χ1n) is 24.0. The van der Waals surface area contributed by atoms with E-state index in [0.717, 1.165) is 77.0 Å². The van der Waals surface area contributed by atoms with Gasteiger partial charge in [0.1, 0.15) is 13.2 Å². The van der Waals surface area contributed by atoms with Crippen LogP contribution in [0.5, 0.6) is 0 Å². The quantitative estimate of drug-likeness (QED) is 0.0201. The van der Waals surface area contributed by atoms with Crippen molar-refractivity contribution in [2.75, 3.05) is 13.2 Å². The number of ether oxygens (including phenoxy) is 3. The zero-order valence-electron chi connectivity index (χ0n) is 37.8. The largest absolute Gasteiger partial charge is 0.462 e. The Morgan fingerprint density at radius 1 is 0.379 bits per heavy atom. The van der Waals surface area contributed by atoms with E-state index >= 15 is 0 Å². The molecule has 1 atom stereocenters. The van der Waals surface area contributed by atoms with Crippen LogP contribution in [0, 0.1) is 0 Å². The lowest BCUT2D eigenvalue weighted by Crippen LogP contribution is -2.30. The van der Waals surface area contributed by atoms with Gasteiger partial charge in [-0.15, -0.1) is 0 Å². The van der Waals surface area contributed by atoms with Crippen molar-refractivity contribution in [3.8, 4) is 0 Å². The van der Waals surface area contributed by atoms with Crippen LogP contribution in [0.1, 0.15) is 220 Å². The molecule has 1 unspecified atom stereocenters. The molecule has 0 aliphatic carbocycles. The van der Waals surface area contributed by atoms with Crippen LogP contribution in [0.25, 0.3) is 0 Å². The number of hydrogen-bond acceptors (Lipinski definition) is 6. The van der Waals surface area contributed by atoms with Crippen LogP contribution < -0.4 is 0 Å². The maximum atomic E-state index is 12.7. The standard InChI is InChI=1S/C52H88O6/c1-4-7-10-13-16-19-22-24-25-26-27-29-30-33-36-39-42-45-51(54)57-48-49(47-56-50(53)44-41-38-35-32-21-18-15-12-9-6-3)58-52(55)46-43-40-37-34-31-28-23-20-17-14-11-8-5-2/h8,11,14,16-17,19-20,23-25,28,31,49H,4-7,9-10,12-13,15,18,21-22,26-27,29-30,32-48H2,1-3H3/b11-8-,17-14-,19-16-,23-20-,25-24-,31-28-. The van der Waals surface area contributed by atoms with Gasteiger partial charge in [-0.05, 0) is 70.6 Å². The number of hydrogen-bond donors (Lipinski definition) is 0. The average Bonchev–Trinajstić information content (AvgIpc) is 3.22. The molecule has 6 heteroatoms. The molecule has 0 heterocycles. The highest BCUT2D eigenvalue weighted by Gasteiger charge is 2.19. The normalized spacial score (nSPS) is 12.7. The SMILES string of the molecule is CC\C=C/C=C\C=C/C=C\CCCCCC(=O)OC(COC(=O)CCCCCCCCC/C=C\C/C=C\CCCCC)COC(=O)CCCCCCCCCCCC.